The molecule has 0 aliphatic rings. The molecule has 2 N–H and O–H groups in total. The summed E-state index contributed by atoms with van der Waals surface area (Å²) in [5.41, 5.74) is 0. The zero-order chi connectivity index (χ0) is 3.41. The van der Waals surface area contributed by atoms with E-state index >= 15 is 0 Å². The quantitative estimate of drug-likeness (QED) is 0.473. The third kappa shape index (κ3) is 12.7. The van der Waals surface area contributed by atoms with Crippen molar-refractivity contribution in [3.63, 3.8) is 0 Å². The monoisotopic (exact) mass is 122 g/mol. The summed E-state index contributed by atoms with van der Waals surface area (Å²) in [6.45, 7) is 2.16. The maximum Gasteiger partial charge on any atom is -0.693 e. The van der Waals surface area contributed by atoms with Crippen LogP contribution in [-0.2, 0) is 17.9 Å². The van der Waals surface area contributed by atoms with Gasteiger partial charge in [-0.1, -0.05) is 0 Å². The van der Waals surface area contributed by atoms with Gasteiger partial charge in [0.15, 0.2) is 0 Å². The minimum absolute atomic E-state index is 0. The predicted octanol–water partition coefficient (Wildman–Crippen LogP) is 1.46. The standard InChI is InChI=1S/C3H6.H2N.Zn/c1-3-2;;/h1H,3H2,2H3;1H2;/q;-1;. The van der Waals surface area contributed by atoms with Gasteiger partial charge in [-0.2, -0.15) is 0 Å². The van der Waals surface area contributed by atoms with Gasteiger partial charge >= 0.3 is 35.8 Å². The third-order valence-electron chi connectivity index (χ3n) is 0.289. The Morgan fingerprint density at radius 3 is 2.00 bits per heavy atom. The molecule has 0 aromatic heterocycles. The summed E-state index contributed by atoms with van der Waals surface area (Å²) in [4.78, 5) is 0. The molecule has 1 nitrogen and oxygen atoms in total. The Morgan fingerprint density at radius 2 is 2.00 bits per heavy atom. The zero-order valence-electron chi connectivity index (χ0n) is 3.57. The molecular weight excluding hydrogens is 115 g/mol. The molecule has 0 saturated carbocycles. The molecule has 0 heterocycles. The Kier molecular flexibility index (Phi) is 16.0. The summed E-state index contributed by atoms with van der Waals surface area (Å²) >= 11 is 1.34. The van der Waals surface area contributed by atoms with Gasteiger partial charge in [-0.15, -0.1) is 0 Å². The smallest absolute Gasteiger partial charge is 0.693 e. The number of hydrogen-bond acceptors (Lipinski definition) is 0. The second-order valence-electron chi connectivity index (χ2n) is 0.697. The molecule has 0 rings (SSSR count). The van der Waals surface area contributed by atoms with Crippen LogP contribution in [0.3, 0.4) is 0 Å². The van der Waals surface area contributed by atoms with Crippen molar-refractivity contribution in [2.24, 2.45) is 0 Å². The Morgan fingerprint density at radius 1 is 1.80 bits per heavy atom. The zero-order valence-corrected chi connectivity index (χ0v) is 6.54. The number of hydrogen-bond donors (Lipinski definition) is 0. The van der Waals surface area contributed by atoms with Crippen LogP contribution in [0.2, 0.25) is 0 Å². The molecular formula is C3H8NZn-. The molecule has 0 bridgehead atoms. The van der Waals surface area contributed by atoms with Crippen LogP contribution in [0.1, 0.15) is 13.3 Å². The van der Waals surface area contributed by atoms with E-state index in [1.807, 2.05) is 0 Å². The van der Waals surface area contributed by atoms with Gasteiger partial charge in [0.2, 0.25) is 0 Å². The Bertz CT molecular complexity index is 20.9. The van der Waals surface area contributed by atoms with Crippen LogP contribution < -0.4 is 0 Å². The van der Waals surface area contributed by atoms with Crippen molar-refractivity contribution >= 4 is 4.61 Å². The van der Waals surface area contributed by atoms with E-state index in [2.05, 4.69) is 11.5 Å². The fourth-order valence-electron chi connectivity index (χ4n) is 0. The van der Waals surface area contributed by atoms with E-state index in [4.69, 9.17) is 0 Å². The number of nitrogens with two attached hydrogens (primary N) is 1. The first-order chi connectivity index (χ1) is 1.91. The van der Waals surface area contributed by atoms with Crippen LogP contribution in [0.25, 0.3) is 6.15 Å². The maximum absolute atomic E-state index is 2.25. The molecule has 0 saturated heterocycles. The van der Waals surface area contributed by atoms with E-state index in [0.717, 1.165) is 0 Å². The van der Waals surface area contributed by atoms with Crippen LogP contribution in [0, 0.1) is 0 Å². The van der Waals surface area contributed by atoms with E-state index in [1.165, 1.54) is 24.3 Å². The van der Waals surface area contributed by atoms with E-state index < -0.39 is 0 Å². The molecule has 0 aliphatic carbocycles. The topological polar surface area (TPSA) is 33.5 Å². The first kappa shape index (κ1) is 9.07. The SMILES string of the molecule is CC[CH]=[Zn].[NH2-]. The van der Waals surface area contributed by atoms with Crippen molar-refractivity contribution in [2.75, 3.05) is 0 Å². The second kappa shape index (κ2) is 8.82. The molecule has 28 valence electrons. The van der Waals surface area contributed by atoms with Gasteiger partial charge in [0.25, 0.3) is 0 Å². The predicted molar refractivity (Wildman–Crippen MR) is 21.6 cm³/mol. The third-order valence-corrected chi connectivity index (χ3v) is 1.50. The Labute approximate surface area is 42.5 Å². The summed E-state index contributed by atoms with van der Waals surface area (Å²) in [5.74, 6) is 0. The van der Waals surface area contributed by atoms with Gasteiger partial charge in [0.05, 0.1) is 0 Å². The Hall–Kier alpha value is 0.453. The average molecular weight is 123 g/mol. The van der Waals surface area contributed by atoms with Crippen molar-refractivity contribution in [1.82, 2.24) is 0 Å². The number of rotatable bonds is 1. The van der Waals surface area contributed by atoms with E-state index in [1.54, 1.807) is 0 Å². The summed E-state index contributed by atoms with van der Waals surface area (Å²) < 4.78 is 2.25. The molecule has 0 spiro atoms. The molecule has 0 aromatic rings. The van der Waals surface area contributed by atoms with Crippen molar-refractivity contribution < 1.29 is 17.9 Å². The van der Waals surface area contributed by atoms with Crippen LogP contribution in [0.5, 0.6) is 0 Å². The molecule has 0 amide bonds. The summed E-state index contributed by atoms with van der Waals surface area (Å²) in [6.07, 6.45) is 1.25. The maximum atomic E-state index is 2.25. The first-order valence-corrected chi connectivity index (χ1v) is 3.24. The first-order valence-electron chi connectivity index (χ1n) is 1.52. The molecule has 0 aromatic carbocycles. The van der Waals surface area contributed by atoms with Gasteiger partial charge in [-0.05, 0) is 0 Å². The van der Waals surface area contributed by atoms with Gasteiger partial charge in [0.1, 0.15) is 0 Å². The fraction of sp³-hybridized carbons (Fsp3) is 0.667. The molecule has 0 atom stereocenters. The van der Waals surface area contributed by atoms with Crippen LogP contribution >= 0.6 is 0 Å². The van der Waals surface area contributed by atoms with E-state index in [0.29, 0.717) is 0 Å². The van der Waals surface area contributed by atoms with Crippen molar-refractivity contribution in [3.8, 4) is 0 Å². The molecule has 0 aliphatic heterocycles. The van der Waals surface area contributed by atoms with E-state index in [9.17, 15) is 0 Å². The summed E-state index contributed by atoms with van der Waals surface area (Å²) in [6, 6.07) is 0. The van der Waals surface area contributed by atoms with Crippen molar-refractivity contribution in [2.45, 2.75) is 13.3 Å². The van der Waals surface area contributed by atoms with Crippen molar-refractivity contribution in [3.05, 3.63) is 6.15 Å². The van der Waals surface area contributed by atoms with Crippen LogP contribution in [0.15, 0.2) is 0 Å². The van der Waals surface area contributed by atoms with E-state index in [-0.39, 0.29) is 6.15 Å². The van der Waals surface area contributed by atoms with Crippen LogP contribution in [0.4, 0.5) is 0 Å². The molecule has 0 unspecified atom stereocenters. The minimum atomic E-state index is 0. The Balaban J connectivity index is 0. The fourth-order valence-corrected chi connectivity index (χ4v) is 0. The van der Waals surface area contributed by atoms with Crippen LogP contribution in [-0.4, -0.2) is 4.61 Å². The van der Waals surface area contributed by atoms with Gasteiger partial charge < -0.3 is 6.15 Å². The van der Waals surface area contributed by atoms with Gasteiger partial charge in [0, 0.05) is 0 Å². The van der Waals surface area contributed by atoms with Gasteiger partial charge in [-0.3, -0.25) is 0 Å². The molecule has 2 heteroatoms. The normalized spacial score (nSPS) is 5.40. The second-order valence-corrected chi connectivity index (χ2v) is 1.91. The molecule has 5 heavy (non-hydrogen) atoms. The summed E-state index contributed by atoms with van der Waals surface area (Å²) in [5, 5.41) is 0. The molecule has 0 fully saturated rings. The van der Waals surface area contributed by atoms with Gasteiger partial charge in [-0.25, -0.2) is 0 Å². The summed E-state index contributed by atoms with van der Waals surface area (Å²) in [7, 11) is 0. The van der Waals surface area contributed by atoms with Crippen molar-refractivity contribution in [1.29, 1.82) is 0 Å². The minimum Gasteiger partial charge on any atom is -0.693 e. The largest absolute Gasteiger partial charge is 0.693 e. The average Bonchev–Trinajstić information content (AvgIpc) is 1.37. The molecule has 0 radical (unpaired) electrons.